The molecule has 0 bridgehead atoms. The maximum absolute atomic E-state index is 10.6. The standard InChI is InChI=1S/C24H30N8O/c1-23(2)10-16(11-24(3,4)30-23)31(5)21-14-26-22(29-28-21)17-8-7-15(9-20(17)33)18-13-27-32(6)19(18)12-25/h7-9,13-14,16,30,33H,10-11H2,1-6H3. The summed E-state index contributed by atoms with van der Waals surface area (Å²) in [5, 5.41) is 36.5. The minimum absolute atomic E-state index is 0.0185. The van der Waals surface area contributed by atoms with Crippen LogP contribution in [0.4, 0.5) is 5.82 Å². The molecule has 0 amide bonds. The molecule has 0 aliphatic carbocycles. The van der Waals surface area contributed by atoms with Crippen LogP contribution in [0.2, 0.25) is 0 Å². The Kier molecular flexibility index (Phi) is 5.58. The van der Waals surface area contributed by atoms with Gasteiger partial charge in [-0.05, 0) is 58.2 Å². The first kappa shape index (κ1) is 22.7. The summed E-state index contributed by atoms with van der Waals surface area (Å²) >= 11 is 0. The number of rotatable bonds is 4. The average molecular weight is 447 g/mol. The zero-order valence-electron chi connectivity index (χ0n) is 20.0. The molecule has 1 aromatic carbocycles. The Morgan fingerprint density at radius 1 is 1.12 bits per heavy atom. The smallest absolute Gasteiger partial charge is 0.185 e. The topological polar surface area (TPSA) is 116 Å². The number of aromatic hydroxyl groups is 1. The number of benzene rings is 1. The summed E-state index contributed by atoms with van der Waals surface area (Å²) in [5.74, 6) is 1.06. The van der Waals surface area contributed by atoms with Crippen LogP contribution in [0.5, 0.6) is 5.75 Å². The first-order chi connectivity index (χ1) is 15.5. The van der Waals surface area contributed by atoms with Crippen molar-refractivity contribution in [2.75, 3.05) is 11.9 Å². The second-order valence-corrected chi connectivity index (χ2v) is 10.1. The van der Waals surface area contributed by atoms with Gasteiger partial charge < -0.3 is 15.3 Å². The van der Waals surface area contributed by atoms with Gasteiger partial charge in [-0.15, -0.1) is 10.2 Å². The maximum Gasteiger partial charge on any atom is 0.185 e. The molecule has 0 unspecified atom stereocenters. The molecule has 2 aromatic heterocycles. The zero-order chi connectivity index (χ0) is 24.0. The lowest BCUT2D eigenvalue weighted by Gasteiger charge is -2.49. The van der Waals surface area contributed by atoms with Crippen molar-refractivity contribution in [2.24, 2.45) is 7.05 Å². The number of piperidine rings is 1. The minimum Gasteiger partial charge on any atom is -0.507 e. The van der Waals surface area contributed by atoms with Crippen LogP contribution in [0.1, 0.15) is 46.2 Å². The van der Waals surface area contributed by atoms with Gasteiger partial charge in [-0.1, -0.05) is 6.07 Å². The third kappa shape index (κ3) is 4.52. The van der Waals surface area contributed by atoms with Crippen molar-refractivity contribution in [1.82, 2.24) is 30.3 Å². The molecule has 0 spiro atoms. The average Bonchev–Trinajstić information content (AvgIpc) is 3.11. The minimum atomic E-state index is 0.0185. The van der Waals surface area contributed by atoms with Gasteiger partial charge in [-0.25, -0.2) is 4.98 Å². The van der Waals surface area contributed by atoms with Gasteiger partial charge in [0.2, 0.25) is 0 Å². The van der Waals surface area contributed by atoms with E-state index in [2.05, 4.69) is 64.3 Å². The molecule has 0 radical (unpaired) electrons. The Labute approximate surface area is 194 Å². The molecule has 3 heterocycles. The molecule has 1 saturated heterocycles. The van der Waals surface area contributed by atoms with Crippen LogP contribution >= 0.6 is 0 Å². The Morgan fingerprint density at radius 3 is 2.39 bits per heavy atom. The molecule has 0 saturated carbocycles. The highest BCUT2D eigenvalue weighted by molar-refractivity contribution is 5.75. The number of anilines is 1. The molecule has 33 heavy (non-hydrogen) atoms. The lowest BCUT2D eigenvalue weighted by atomic mass is 9.79. The summed E-state index contributed by atoms with van der Waals surface area (Å²) in [5.41, 5.74) is 2.30. The van der Waals surface area contributed by atoms with Gasteiger partial charge >= 0.3 is 0 Å². The van der Waals surface area contributed by atoms with Crippen molar-refractivity contribution in [3.8, 4) is 34.3 Å². The van der Waals surface area contributed by atoms with E-state index < -0.39 is 0 Å². The maximum atomic E-state index is 10.6. The number of nitrogens with zero attached hydrogens (tertiary/aromatic N) is 7. The number of phenolic OH excluding ortho intramolecular Hbond substituents is 1. The van der Waals surface area contributed by atoms with Crippen molar-refractivity contribution < 1.29 is 5.11 Å². The predicted molar refractivity (Wildman–Crippen MR) is 127 cm³/mol. The molecule has 4 rings (SSSR count). The fraction of sp³-hybridized carbons (Fsp3) is 0.458. The van der Waals surface area contributed by atoms with Crippen molar-refractivity contribution in [1.29, 1.82) is 5.26 Å². The Balaban J connectivity index is 1.57. The lowest BCUT2D eigenvalue weighted by Crippen LogP contribution is -2.62. The highest BCUT2D eigenvalue weighted by Crippen LogP contribution is 2.34. The molecule has 1 aliphatic rings. The first-order valence-corrected chi connectivity index (χ1v) is 11.0. The second kappa shape index (κ2) is 8.12. The van der Waals surface area contributed by atoms with Crippen LogP contribution < -0.4 is 10.2 Å². The van der Waals surface area contributed by atoms with E-state index in [1.165, 1.54) is 4.68 Å². The molecular weight excluding hydrogens is 416 g/mol. The van der Waals surface area contributed by atoms with Crippen LogP contribution in [0.15, 0.2) is 30.6 Å². The molecule has 9 heteroatoms. The van der Waals surface area contributed by atoms with Gasteiger partial charge in [-0.3, -0.25) is 4.68 Å². The predicted octanol–water partition coefficient (Wildman–Crippen LogP) is 3.26. The van der Waals surface area contributed by atoms with E-state index in [9.17, 15) is 10.4 Å². The SMILES string of the molecule is CN(c1cnc(-c2ccc(-c3cnn(C)c3C#N)cc2O)nn1)C1CC(C)(C)NC(C)(C)C1. The number of aryl methyl sites for hydroxylation is 1. The van der Waals surface area contributed by atoms with Gasteiger partial charge in [0.25, 0.3) is 0 Å². The summed E-state index contributed by atoms with van der Waals surface area (Å²) in [7, 11) is 3.74. The van der Waals surface area contributed by atoms with E-state index in [0.717, 1.165) is 12.8 Å². The molecular formula is C24H30N8O. The number of hydrogen-bond acceptors (Lipinski definition) is 8. The molecule has 2 N–H and O–H groups in total. The van der Waals surface area contributed by atoms with Crippen LogP contribution in [0, 0.1) is 11.3 Å². The molecule has 1 fully saturated rings. The van der Waals surface area contributed by atoms with Crippen molar-refractivity contribution in [2.45, 2.75) is 57.7 Å². The number of aromatic nitrogens is 5. The van der Waals surface area contributed by atoms with Crippen LogP contribution in [0.25, 0.3) is 22.5 Å². The number of nitriles is 1. The third-order valence-electron chi connectivity index (χ3n) is 6.22. The summed E-state index contributed by atoms with van der Waals surface area (Å²) in [6, 6.07) is 7.58. The summed E-state index contributed by atoms with van der Waals surface area (Å²) in [4.78, 5) is 6.62. The monoisotopic (exact) mass is 446 g/mol. The van der Waals surface area contributed by atoms with Crippen molar-refractivity contribution in [3.63, 3.8) is 0 Å². The summed E-state index contributed by atoms with van der Waals surface area (Å²) in [6.07, 6.45) is 5.28. The van der Waals surface area contributed by atoms with E-state index >= 15 is 0 Å². The molecule has 9 nitrogen and oxygen atoms in total. The Morgan fingerprint density at radius 2 is 1.82 bits per heavy atom. The van der Waals surface area contributed by atoms with Crippen LogP contribution in [-0.2, 0) is 7.05 Å². The molecule has 1 aliphatic heterocycles. The first-order valence-electron chi connectivity index (χ1n) is 11.0. The van der Waals surface area contributed by atoms with Gasteiger partial charge in [-0.2, -0.15) is 10.4 Å². The zero-order valence-corrected chi connectivity index (χ0v) is 20.0. The van der Waals surface area contributed by atoms with E-state index in [0.29, 0.717) is 40.1 Å². The Hall–Kier alpha value is -3.51. The number of phenols is 1. The quantitative estimate of drug-likeness (QED) is 0.627. The fourth-order valence-corrected chi connectivity index (χ4v) is 4.95. The van der Waals surface area contributed by atoms with Crippen molar-refractivity contribution >= 4 is 5.82 Å². The highest BCUT2D eigenvalue weighted by atomic mass is 16.3. The van der Waals surface area contributed by atoms with Gasteiger partial charge in [0.05, 0.1) is 18.0 Å². The Bertz CT molecular complexity index is 1190. The lowest BCUT2D eigenvalue weighted by molar-refractivity contribution is 0.160. The van der Waals surface area contributed by atoms with Gasteiger partial charge in [0, 0.05) is 36.8 Å². The summed E-state index contributed by atoms with van der Waals surface area (Å²) in [6.45, 7) is 8.89. The van der Waals surface area contributed by atoms with Crippen LogP contribution in [-0.4, -0.2) is 54.2 Å². The second-order valence-electron chi connectivity index (χ2n) is 10.1. The van der Waals surface area contributed by atoms with Gasteiger partial charge in [0.1, 0.15) is 17.5 Å². The highest BCUT2D eigenvalue weighted by Gasteiger charge is 2.39. The van der Waals surface area contributed by atoms with Crippen LogP contribution in [0.3, 0.4) is 0 Å². The fourth-order valence-electron chi connectivity index (χ4n) is 4.95. The summed E-state index contributed by atoms with van der Waals surface area (Å²) < 4.78 is 1.51. The number of nitrogens with one attached hydrogen (secondary N) is 1. The molecule has 0 atom stereocenters. The van der Waals surface area contributed by atoms with E-state index in [1.54, 1.807) is 31.6 Å². The number of hydrogen-bond donors (Lipinski definition) is 2. The third-order valence-corrected chi connectivity index (χ3v) is 6.22. The van der Waals surface area contributed by atoms with Gasteiger partial charge in [0.15, 0.2) is 11.6 Å². The van der Waals surface area contributed by atoms with E-state index in [1.807, 2.05) is 13.1 Å². The molecule has 172 valence electrons. The van der Waals surface area contributed by atoms with E-state index in [4.69, 9.17) is 0 Å². The molecule has 3 aromatic rings. The van der Waals surface area contributed by atoms with Crippen molar-refractivity contribution in [3.05, 3.63) is 36.3 Å². The largest absolute Gasteiger partial charge is 0.507 e. The van der Waals surface area contributed by atoms with E-state index in [-0.39, 0.29) is 16.8 Å². The normalized spacial score (nSPS) is 17.5.